The average molecular weight is 189 g/mol. The highest BCUT2D eigenvalue weighted by Gasteiger charge is 2.07. The maximum atomic E-state index is 4.89. The lowest BCUT2D eigenvalue weighted by Gasteiger charge is -1.99. The zero-order valence-electron chi connectivity index (χ0n) is 8.40. The molecule has 0 amide bonds. The highest BCUT2D eigenvalue weighted by atomic mass is 16.5. The lowest BCUT2D eigenvalue weighted by atomic mass is 10.1. The molecule has 0 N–H and O–H groups in total. The van der Waals surface area contributed by atoms with E-state index in [1.54, 1.807) is 6.92 Å². The van der Waals surface area contributed by atoms with Gasteiger partial charge in [-0.05, 0) is 31.0 Å². The van der Waals surface area contributed by atoms with Gasteiger partial charge in [-0.2, -0.15) is 4.98 Å². The average Bonchev–Trinajstić information content (AvgIpc) is 2.57. The summed E-state index contributed by atoms with van der Waals surface area (Å²) in [7, 11) is 0. The molecule has 2 aromatic rings. The Morgan fingerprint density at radius 1 is 1.14 bits per heavy atom. The van der Waals surface area contributed by atoms with Crippen LogP contribution in [0.5, 0.6) is 0 Å². The van der Waals surface area contributed by atoms with Gasteiger partial charge in [-0.25, -0.2) is 0 Å². The van der Waals surface area contributed by atoms with E-state index in [0.717, 1.165) is 11.3 Å². The van der Waals surface area contributed by atoms with Gasteiger partial charge in [-0.3, -0.25) is 4.98 Å². The Balaban J connectivity index is 2.47. The molecule has 2 aromatic heterocycles. The number of aromatic nitrogens is 3. The second-order valence-corrected chi connectivity index (χ2v) is 3.29. The van der Waals surface area contributed by atoms with Crippen LogP contribution in [-0.2, 0) is 0 Å². The zero-order chi connectivity index (χ0) is 10.1. The van der Waals surface area contributed by atoms with Crippen LogP contribution in [0, 0.1) is 20.8 Å². The first kappa shape index (κ1) is 8.87. The molecule has 0 unspecified atom stereocenters. The van der Waals surface area contributed by atoms with Crippen molar-refractivity contribution >= 4 is 0 Å². The first-order valence-corrected chi connectivity index (χ1v) is 4.41. The Labute approximate surface area is 82.0 Å². The van der Waals surface area contributed by atoms with Crippen molar-refractivity contribution in [2.75, 3.05) is 0 Å². The summed E-state index contributed by atoms with van der Waals surface area (Å²) in [6.07, 6.45) is 1.82. The van der Waals surface area contributed by atoms with Crippen molar-refractivity contribution < 1.29 is 4.52 Å². The lowest BCUT2D eigenvalue weighted by molar-refractivity contribution is 0.394. The molecule has 2 heterocycles. The maximum Gasteiger partial charge on any atom is 0.223 e. The Kier molecular flexibility index (Phi) is 2.04. The summed E-state index contributed by atoms with van der Waals surface area (Å²) in [6, 6.07) is 1.96. The van der Waals surface area contributed by atoms with E-state index in [4.69, 9.17) is 4.52 Å². The summed E-state index contributed by atoms with van der Waals surface area (Å²) in [5, 5.41) is 3.81. The van der Waals surface area contributed by atoms with E-state index in [1.165, 1.54) is 5.56 Å². The largest absolute Gasteiger partial charge is 0.339 e. The van der Waals surface area contributed by atoms with Crippen molar-refractivity contribution in [3.63, 3.8) is 0 Å². The van der Waals surface area contributed by atoms with Gasteiger partial charge in [-0.15, -0.1) is 0 Å². The van der Waals surface area contributed by atoms with E-state index in [1.807, 2.05) is 26.1 Å². The molecule has 4 nitrogen and oxygen atoms in total. The van der Waals surface area contributed by atoms with E-state index >= 15 is 0 Å². The van der Waals surface area contributed by atoms with Crippen LogP contribution in [0.3, 0.4) is 0 Å². The fourth-order valence-corrected chi connectivity index (χ4v) is 1.15. The van der Waals surface area contributed by atoms with Crippen LogP contribution in [0.1, 0.15) is 17.0 Å². The van der Waals surface area contributed by atoms with Gasteiger partial charge < -0.3 is 4.52 Å². The molecule has 72 valence electrons. The minimum Gasteiger partial charge on any atom is -0.339 e. The van der Waals surface area contributed by atoms with Crippen LogP contribution in [0.2, 0.25) is 0 Å². The van der Waals surface area contributed by atoms with Crippen molar-refractivity contribution in [2.24, 2.45) is 0 Å². The molecule has 0 aliphatic carbocycles. The van der Waals surface area contributed by atoms with Crippen LogP contribution in [0.25, 0.3) is 11.5 Å². The van der Waals surface area contributed by atoms with E-state index < -0.39 is 0 Å². The van der Waals surface area contributed by atoms with Gasteiger partial charge in [0.2, 0.25) is 11.7 Å². The first-order valence-electron chi connectivity index (χ1n) is 4.41. The van der Waals surface area contributed by atoms with Crippen molar-refractivity contribution in [1.29, 1.82) is 0 Å². The summed E-state index contributed by atoms with van der Waals surface area (Å²) in [5.41, 5.74) is 3.09. The topological polar surface area (TPSA) is 51.8 Å². The molecule has 0 fully saturated rings. The second kappa shape index (κ2) is 3.21. The third-order valence-corrected chi connectivity index (χ3v) is 2.13. The number of rotatable bonds is 1. The smallest absolute Gasteiger partial charge is 0.223 e. The van der Waals surface area contributed by atoms with Crippen LogP contribution >= 0.6 is 0 Å². The SMILES string of the molecule is Cc1nc(-c2cc(C)c(C)cn2)no1. The van der Waals surface area contributed by atoms with Gasteiger partial charge >= 0.3 is 0 Å². The molecule has 0 aliphatic heterocycles. The molecule has 14 heavy (non-hydrogen) atoms. The number of hydrogen-bond donors (Lipinski definition) is 0. The summed E-state index contributed by atoms with van der Waals surface area (Å²) >= 11 is 0. The van der Waals surface area contributed by atoms with Gasteiger partial charge in [0.15, 0.2) is 0 Å². The number of nitrogens with zero attached hydrogens (tertiary/aromatic N) is 3. The fraction of sp³-hybridized carbons (Fsp3) is 0.300. The maximum absolute atomic E-state index is 4.89. The number of pyridine rings is 1. The predicted molar refractivity (Wildman–Crippen MR) is 51.7 cm³/mol. The number of hydrogen-bond acceptors (Lipinski definition) is 4. The van der Waals surface area contributed by atoms with Gasteiger partial charge in [0, 0.05) is 13.1 Å². The summed E-state index contributed by atoms with van der Waals surface area (Å²) in [6.45, 7) is 5.82. The minimum absolute atomic E-state index is 0.547. The minimum atomic E-state index is 0.547. The van der Waals surface area contributed by atoms with E-state index in [2.05, 4.69) is 15.1 Å². The van der Waals surface area contributed by atoms with Crippen LogP contribution in [-0.4, -0.2) is 15.1 Å². The van der Waals surface area contributed by atoms with Gasteiger partial charge in [0.1, 0.15) is 5.69 Å². The van der Waals surface area contributed by atoms with Crippen molar-refractivity contribution in [2.45, 2.75) is 20.8 Å². The highest BCUT2D eigenvalue weighted by Crippen LogP contribution is 2.15. The van der Waals surface area contributed by atoms with Gasteiger partial charge in [0.05, 0.1) is 0 Å². The van der Waals surface area contributed by atoms with Gasteiger partial charge in [0.25, 0.3) is 0 Å². The lowest BCUT2D eigenvalue weighted by Crippen LogP contribution is -1.89. The van der Waals surface area contributed by atoms with Crippen LogP contribution < -0.4 is 0 Å². The Hall–Kier alpha value is -1.71. The van der Waals surface area contributed by atoms with E-state index in [0.29, 0.717) is 11.7 Å². The molecule has 2 rings (SSSR count). The van der Waals surface area contributed by atoms with Crippen molar-refractivity contribution in [3.05, 3.63) is 29.3 Å². The van der Waals surface area contributed by atoms with Crippen molar-refractivity contribution in [3.8, 4) is 11.5 Å². The Bertz CT molecular complexity index is 462. The van der Waals surface area contributed by atoms with Crippen molar-refractivity contribution in [1.82, 2.24) is 15.1 Å². The van der Waals surface area contributed by atoms with Gasteiger partial charge in [-0.1, -0.05) is 5.16 Å². The summed E-state index contributed by atoms with van der Waals surface area (Å²) < 4.78 is 4.89. The molecule has 0 aromatic carbocycles. The molecule has 0 spiro atoms. The Morgan fingerprint density at radius 2 is 1.93 bits per heavy atom. The Morgan fingerprint density at radius 3 is 2.50 bits per heavy atom. The monoisotopic (exact) mass is 189 g/mol. The van der Waals surface area contributed by atoms with Crippen LogP contribution in [0.4, 0.5) is 0 Å². The predicted octanol–water partition coefficient (Wildman–Crippen LogP) is 2.06. The summed E-state index contributed by atoms with van der Waals surface area (Å²) in [5.74, 6) is 1.10. The second-order valence-electron chi connectivity index (χ2n) is 3.29. The molecular weight excluding hydrogens is 178 g/mol. The zero-order valence-corrected chi connectivity index (χ0v) is 8.40. The summed E-state index contributed by atoms with van der Waals surface area (Å²) in [4.78, 5) is 8.35. The first-order chi connectivity index (χ1) is 6.66. The molecule has 0 bridgehead atoms. The molecule has 0 aliphatic rings. The third kappa shape index (κ3) is 1.51. The molecule has 0 atom stereocenters. The highest BCUT2D eigenvalue weighted by molar-refractivity contribution is 5.50. The fourth-order valence-electron chi connectivity index (χ4n) is 1.15. The standard InChI is InChI=1S/C10H11N3O/c1-6-4-9(11-5-7(6)2)10-12-8(3)14-13-10/h4-5H,1-3H3. The molecule has 0 radical (unpaired) electrons. The van der Waals surface area contributed by atoms with Crippen LogP contribution in [0.15, 0.2) is 16.8 Å². The van der Waals surface area contributed by atoms with E-state index in [-0.39, 0.29) is 0 Å². The van der Waals surface area contributed by atoms with E-state index in [9.17, 15) is 0 Å². The third-order valence-electron chi connectivity index (χ3n) is 2.13. The number of aryl methyl sites for hydroxylation is 3. The molecular formula is C10H11N3O. The molecule has 0 saturated heterocycles. The molecule has 4 heteroatoms. The normalized spacial score (nSPS) is 10.5. The molecule has 0 saturated carbocycles. The quantitative estimate of drug-likeness (QED) is 0.689.